The first kappa shape index (κ1) is 29.1. The number of carbonyl (C=O) groups is 2. The van der Waals surface area contributed by atoms with Crippen LogP contribution < -0.4 is 0 Å². The average Bonchev–Trinajstić information content (AvgIpc) is 3.40. The molecule has 0 spiro atoms. The molecular formula is C33H26ClF3N2O3. The largest absolute Gasteiger partial charge is 0.478 e. The summed E-state index contributed by atoms with van der Waals surface area (Å²) in [6, 6.07) is 22.1. The second-order valence-corrected chi connectivity index (χ2v) is 10.4. The summed E-state index contributed by atoms with van der Waals surface area (Å²) in [6.07, 6.45) is -3.82. The summed E-state index contributed by atoms with van der Waals surface area (Å²) in [5.41, 5.74) is 2.04. The van der Waals surface area contributed by atoms with Crippen molar-refractivity contribution in [2.24, 2.45) is 0 Å². The van der Waals surface area contributed by atoms with E-state index in [9.17, 15) is 27.9 Å². The Morgan fingerprint density at radius 2 is 1.69 bits per heavy atom. The smallest absolute Gasteiger partial charge is 0.416 e. The van der Waals surface area contributed by atoms with Gasteiger partial charge in [-0.15, -0.1) is 0 Å². The lowest BCUT2D eigenvalue weighted by molar-refractivity contribution is -0.138. The third kappa shape index (κ3) is 5.81. The van der Waals surface area contributed by atoms with Gasteiger partial charge in [0.05, 0.1) is 22.2 Å². The molecule has 214 valence electrons. The molecule has 5 aromatic rings. The van der Waals surface area contributed by atoms with Gasteiger partial charge >= 0.3 is 12.1 Å². The lowest BCUT2D eigenvalue weighted by Crippen LogP contribution is -2.15. The SMILES string of the molecule is CCCC(CC(=O)c1ccc(-c2c(Cl)cccc2-c2nc3ccccc3[nH]2)c(C(=O)O)c1)c1ccccc1C(F)(F)F. The molecule has 0 bridgehead atoms. The third-order valence-electron chi connectivity index (χ3n) is 7.27. The van der Waals surface area contributed by atoms with Crippen LogP contribution in [0.25, 0.3) is 33.5 Å². The number of alkyl halides is 3. The number of nitrogens with zero attached hydrogens (tertiary/aromatic N) is 1. The molecule has 0 saturated carbocycles. The molecule has 9 heteroatoms. The Morgan fingerprint density at radius 1 is 0.952 bits per heavy atom. The van der Waals surface area contributed by atoms with E-state index in [0.717, 1.165) is 17.1 Å². The van der Waals surface area contributed by atoms with Gasteiger partial charge in [-0.2, -0.15) is 13.2 Å². The first-order valence-electron chi connectivity index (χ1n) is 13.4. The topological polar surface area (TPSA) is 83.0 Å². The van der Waals surface area contributed by atoms with Crippen LogP contribution in [0.4, 0.5) is 13.2 Å². The summed E-state index contributed by atoms with van der Waals surface area (Å²) < 4.78 is 41.2. The molecule has 42 heavy (non-hydrogen) atoms. The minimum atomic E-state index is -4.56. The number of aromatic nitrogens is 2. The number of carboxylic acids is 1. The lowest BCUT2D eigenvalue weighted by Gasteiger charge is -2.21. The summed E-state index contributed by atoms with van der Waals surface area (Å²) >= 11 is 6.62. The first-order valence-corrected chi connectivity index (χ1v) is 13.8. The van der Waals surface area contributed by atoms with Crippen molar-refractivity contribution in [1.29, 1.82) is 0 Å². The van der Waals surface area contributed by atoms with Gasteiger partial charge in [0.2, 0.25) is 0 Å². The number of aromatic amines is 1. The van der Waals surface area contributed by atoms with Crippen molar-refractivity contribution in [3.05, 3.63) is 112 Å². The Morgan fingerprint density at radius 3 is 2.40 bits per heavy atom. The van der Waals surface area contributed by atoms with E-state index in [0.29, 0.717) is 34.8 Å². The van der Waals surface area contributed by atoms with Crippen molar-refractivity contribution in [1.82, 2.24) is 9.97 Å². The van der Waals surface area contributed by atoms with E-state index in [1.165, 1.54) is 36.4 Å². The number of halogens is 4. The van der Waals surface area contributed by atoms with E-state index >= 15 is 0 Å². The average molecular weight is 591 g/mol. The van der Waals surface area contributed by atoms with Crippen LogP contribution in [-0.2, 0) is 6.18 Å². The van der Waals surface area contributed by atoms with Crippen molar-refractivity contribution in [2.45, 2.75) is 38.3 Å². The van der Waals surface area contributed by atoms with Crippen LogP contribution in [0, 0.1) is 0 Å². The first-order chi connectivity index (χ1) is 20.1. The van der Waals surface area contributed by atoms with Crippen LogP contribution in [0.5, 0.6) is 0 Å². The van der Waals surface area contributed by atoms with Gasteiger partial charge in [-0.1, -0.05) is 79.5 Å². The number of hydrogen-bond acceptors (Lipinski definition) is 3. The molecule has 0 aliphatic carbocycles. The minimum absolute atomic E-state index is 0.0572. The number of carboxylic acid groups (broad SMARTS) is 1. The molecular weight excluding hydrogens is 565 g/mol. The van der Waals surface area contributed by atoms with E-state index in [4.69, 9.17) is 11.6 Å². The summed E-state index contributed by atoms with van der Waals surface area (Å²) in [5.74, 6) is -1.91. The highest BCUT2D eigenvalue weighted by molar-refractivity contribution is 6.34. The summed E-state index contributed by atoms with van der Waals surface area (Å²) in [4.78, 5) is 33.8. The van der Waals surface area contributed by atoms with Gasteiger partial charge in [-0.3, -0.25) is 4.79 Å². The molecule has 0 fully saturated rings. The molecule has 0 radical (unpaired) electrons. The van der Waals surface area contributed by atoms with Crippen LogP contribution in [0.3, 0.4) is 0 Å². The molecule has 0 saturated heterocycles. The maximum atomic E-state index is 13.7. The summed E-state index contributed by atoms with van der Waals surface area (Å²) in [5, 5.41) is 10.5. The maximum Gasteiger partial charge on any atom is 0.416 e. The van der Waals surface area contributed by atoms with Crippen molar-refractivity contribution >= 4 is 34.4 Å². The fourth-order valence-electron chi connectivity index (χ4n) is 5.36. The van der Waals surface area contributed by atoms with E-state index in [2.05, 4.69) is 9.97 Å². The Labute approximate surface area is 245 Å². The minimum Gasteiger partial charge on any atom is -0.478 e. The van der Waals surface area contributed by atoms with Crippen LogP contribution in [-0.4, -0.2) is 26.8 Å². The number of rotatable bonds is 9. The quantitative estimate of drug-likeness (QED) is 0.167. The maximum absolute atomic E-state index is 13.7. The highest BCUT2D eigenvalue weighted by Gasteiger charge is 2.35. The number of fused-ring (bicyclic) bond motifs is 1. The Hall–Kier alpha value is -4.43. The van der Waals surface area contributed by atoms with E-state index in [1.807, 2.05) is 31.2 Å². The Kier molecular flexibility index (Phi) is 8.18. The zero-order chi connectivity index (χ0) is 30.0. The molecule has 5 rings (SSSR count). The Balaban J connectivity index is 1.54. The fraction of sp³-hybridized carbons (Fsp3) is 0.182. The zero-order valence-corrected chi connectivity index (χ0v) is 23.3. The number of benzene rings is 4. The number of ketones is 1. The van der Waals surface area contributed by atoms with Gasteiger partial charge in [0.1, 0.15) is 5.82 Å². The number of nitrogens with one attached hydrogen (secondary N) is 1. The monoisotopic (exact) mass is 590 g/mol. The molecule has 0 amide bonds. The van der Waals surface area contributed by atoms with Crippen molar-refractivity contribution in [3.63, 3.8) is 0 Å². The van der Waals surface area contributed by atoms with Crippen molar-refractivity contribution in [2.75, 3.05) is 0 Å². The number of hydrogen-bond donors (Lipinski definition) is 2. The standard InChI is InChI=1S/C33H26ClF3N2O3/c1-2-8-19(21-9-3-4-11-25(21)33(35,36)37)18-29(40)20-15-16-22(24(17-20)32(41)42)30-23(10-7-12-26(30)34)31-38-27-13-5-6-14-28(27)39-31/h3-7,9-17,19H,2,8,18H2,1H3,(H,38,39)(H,41,42). The Bertz CT molecular complexity index is 1760. The van der Waals surface area contributed by atoms with Gasteiger partial charge in [0.25, 0.3) is 0 Å². The molecule has 4 aromatic carbocycles. The van der Waals surface area contributed by atoms with Crippen LogP contribution >= 0.6 is 11.6 Å². The predicted molar refractivity (Wildman–Crippen MR) is 157 cm³/mol. The normalized spacial score (nSPS) is 12.4. The number of carbonyl (C=O) groups excluding carboxylic acids is 1. The summed E-state index contributed by atoms with van der Waals surface area (Å²) in [6.45, 7) is 1.84. The third-order valence-corrected chi connectivity index (χ3v) is 7.59. The van der Waals surface area contributed by atoms with Gasteiger partial charge < -0.3 is 10.1 Å². The van der Waals surface area contributed by atoms with Crippen molar-refractivity contribution in [3.8, 4) is 22.5 Å². The van der Waals surface area contributed by atoms with Crippen LogP contribution in [0.15, 0.2) is 84.9 Å². The van der Waals surface area contributed by atoms with Crippen molar-refractivity contribution < 1.29 is 27.9 Å². The van der Waals surface area contributed by atoms with E-state index in [-0.39, 0.29) is 28.7 Å². The highest BCUT2D eigenvalue weighted by atomic mass is 35.5. The molecule has 1 aromatic heterocycles. The van der Waals surface area contributed by atoms with E-state index in [1.54, 1.807) is 18.2 Å². The van der Waals surface area contributed by atoms with Gasteiger partial charge in [-0.25, -0.2) is 9.78 Å². The second kappa shape index (κ2) is 11.8. The van der Waals surface area contributed by atoms with Gasteiger partial charge in [-0.05, 0) is 53.8 Å². The predicted octanol–water partition coefficient (Wildman–Crippen LogP) is 9.42. The van der Waals surface area contributed by atoms with Crippen LogP contribution in [0.1, 0.15) is 63.9 Å². The van der Waals surface area contributed by atoms with E-state index < -0.39 is 29.4 Å². The number of aromatic carboxylic acids is 1. The molecule has 1 atom stereocenters. The van der Waals surface area contributed by atoms with Gasteiger partial charge in [0, 0.05) is 28.1 Å². The molecule has 2 N–H and O–H groups in total. The molecule has 1 heterocycles. The van der Waals surface area contributed by atoms with Gasteiger partial charge in [0.15, 0.2) is 5.78 Å². The molecule has 0 aliphatic rings. The highest BCUT2D eigenvalue weighted by Crippen LogP contribution is 2.41. The zero-order valence-electron chi connectivity index (χ0n) is 22.5. The molecule has 5 nitrogen and oxygen atoms in total. The number of imidazole rings is 1. The summed E-state index contributed by atoms with van der Waals surface area (Å²) in [7, 11) is 0. The number of para-hydroxylation sites is 2. The fourth-order valence-corrected chi connectivity index (χ4v) is 5.63. The number of Topliss-reactive ketones (excluding diaryl/α,β-unsaturated/α-hetero) is 1. The molecule has 1 unspecified atom stereocenters. The van der Waals surface area contributed by atoms with Crippen LogP contribution in [0.2, 0.25) is 5.02 Å². The number of H-pyrrole nitrogens is 1. The lowest BCUT2D eigenvalue weighted by atomic mass is 9.84. The second-order valence-electron chi connectivity index (χ2n) is 10.0. The molecule has 0 aliphatic heterocycles.